The van der Waals surface area contributed by atoms with Gasteiger partial charge >= 0.3 is 0 Å². The summed E-state index contributed by atoms with van der Waals surface area (Å²) in [5.74, 6) is 1.57. The molecule has 3 rings (SSSR count). The topological polar surface area (TPSA) is 49.3 Å². The molecule has 29 heavy (non-hydrogen) atoms. The third-order valence-electron chi connectivity index (χ3n) is 5.36. The quantitative estimate of drug-likeness (QED) is 0.692. The molecule has 2 heterocycles. The van der Waals surface area contributed by atoms with Gasteiger partial charge in [-0.05, 0) is 30.2 Å². The van der Waals surface area contributed by atoms with Crippen molar-refractivity contribution in [1.82, 2.24) is 14.3 Å². The highest BCUT2D eigenvalue weighted by Gasteiger charge is 2.30. The number of amides is 1. The molecule has 0 spiro atoms. The van der Waals surface area contributed by atoms with Gasteiger partial charge in [0.05, 0.1) is 0 Å². The summed E-state index contributed by atoms with van der Waals surface area (Å²) in [5.41, 5.74) is 1.49. The first-order valence-corrected chi connectivity index (χ1v) is 11.4. The molecule has 1 fully saturated rings. The second-order valence-electron chi connectivity index (χ2n) is 9.61. The van der Waals surface area contributed by atoms with Crippen LogP contribution in [0.15, 0.2) is 30.3 Å². The van der Waals surface area contributed by atoms with Gasteiger partial charge in [0.1, 0.15) is 5.82 Å². The molecule has 2 atom stereocenters. The molecule has 1 aromatic heterocycles. The van der Waals surface area contributed by atoms with E-state index in [1.165, 1.54) is 17.1 Å². The Morgan fingerprint density at radius 3 is 2.62 bits per heavy atom. The lowest BCUT2D eigenvalue weighted by atomic mass is 9.84. The van der Waals surface area contributed by atoms with Crippen LogP contribution in [0, 0.1) is 11.3 Å². The van der Waals surface area contributed by atoms with Gasteiger partial charge in [0.25, 0.3) is 0 Å². The maximum absolute atomic E-state index is 12.8. The van der Waals surface area contributed by atoms with Crippen molar-refractivity contribution in [2.75, 3.05) is 24.5 Å². The van der Waals surface area contributed by atoms with Crippen molar-refractivity contribution >= 4 is 22.6 Å². The number of carbonyl (C=O) groups is 1. The van der Waals surface area contributed by atoms with E-state index >= 15 is 0 Å². The SMILES string of the molecule is C[C@H](CC(=O)N1CCN(c2nc(Cc3ccccc3)ns2)C[C@H]1C)CC(C)(C)C. The van der Waals surface area contributed by atoms with Crippen molar-refractivity contribution in [2.24, 2.45) is 11.3 Å². The molecule has 0 N–H and O–H groups in total. The van der Waals surface area contributed by atoms with Crippen molar-refractivity contribution in [3.05, 3.63) is 41.7 Å². The lowest BCUT2D eigenvalue weighted by Gasteiger charge is -2.40. The number of anilines is 1. The van der Waals surface area contributed by atoms with E-state index in [0.717, 1.165) is 43.4 Å². The second-order valence-corrected chi connectivity index (χ2v) is 10.3. The number of hydrogen-bond acceptors (Lipinski definition) is 5. The summed E-state index contributed by atoms with van der Waals surface area (Å²) in [5, 5.41) is 0.969. The van der Waals surface area contributed by atoms with E-state index in [2.05, 4.69) is 60.9 Å². The van der Waals surface area contributed by atoms with Gasteiger partial charge in [0.15, 0.2) is 0 Å². The fourth-order valence-corrected chi connectivity index (χ4v) is 4.98. The van der Waals surface area contributed by atoms with Crippen molar-refractivity contribution in [3.8, 4) is 0 Å². The lowest BCUT2D eigenvalue weighted by molar-refractivity contribution is -0.134. The lowest BCUT2D eigenvalue weighted by Crippen LogP contribution is -2.54. The first-order valence-electron chi connectivity index (χ1n) is 10.6. The van der Waals surface area contributed by atoms with Gasteiger partial charge in [0.2, 0.25) is 11.0 Å². The molecule has 0 radical (unpaired) electrons. The maximum atomic E-state index is 12.8. The third kappa shape index (κ3) is 6.26. The molecule has 0 saturated carbocycles. The van der Waals surface area contributed by atoms with Crippen LogP contribution in [0.4, 0.5) is 5.13 Å². The Labute approximate surface area is 179 Å². The fourth-order valence-electron chi connectivity index (χ4n) is 4.26. The zero-order chi connectivity index (χ0) is 21.0. The van der Waals surface area contributed by atoms with E-state index in [9.17, 15) is 4.79 Å². The monoisotopic (exact) mass is 414 g/mol. The van der Waals surface area contributed by atoms with Crippen LogP contribution in [0.1, 0.15) is 58.8 Å². The molecule has 6 heteroatoms. The van der Waals surface area contributed by atoms with Crippen molar-refractivity contribution < 1.29 is 4.79 Å². The highest BCUT2D eigenvalue weighted by Crippen LogP contribution is 2.27. The van der Waals surface area contributed by atoms with Crippen LogP contribution in [0.25, 0.3) is 0 Å². The molecule has 2 aromatic rings. The highest BCUT2D eigenvalue weighted by molar-refractivity contribution is 7.09. The Morgan fingerprint density at radius 1 is 1.24 bits per heavy atom. The number of hydrogen-bond donors (Lipinski definition) is 0. The Morgan fingerprint density at radius 2 is 1.97 bits per heavy atom. The Kier molecular flexibility index (Phi) is 6.93. The summed E-state index contributed by atoms with van der Waals surface area (Å²) >= 11 is 1.47. The molecule has 1 aliphatic rings. The zero-order valence-corrected chi connectivity index (χ0v) is 19.2. The van der Waals surface area contributed by atoms with E-state index in [-0.39, 0.29) is 17.4 Å². The largest absolute Gasteiger partial charge is 0.343 e. The molecule has 1 aliphatic heterocycles. The number of benzene rings is 1. The normalized spacial score (nSPS) is 18.7. The summed E-state index contributed by atoms with van der Waals surface area (Å²) < 4.78 is 4.55. The van der Waals surface area contributed by atoms with Crippen LogP contribution >= 0.6 is 11.5 Å². The Bertz CT molecular complexity index is 799. The minimum absolute atomic E-state index is 0.194. The molecule has 0 unspecified atom stereocenters. The number of nitrogens with zero attached hydrogens (tertiary/aromatic N) is 4. The summed E-state index contributed by atoms with van der Waals surface area (Å²) in [7, 11) is 0. The molecular formula is C23H34N4OS. The van der Waals surface area contributed by atoms with Crippen LogP contribution in [0.2, 0.25) is 0 Å². The van der Waals surface area contributed by atoms with Gasteiger partial charge in [0, 0.05) is 50.1 Å². The average molecular weight is 415 g/mol. The average Bonchev–Trinajstić information content (AvgIpc) is 3.09. The zero-order valence-electron chi connectivity index (χ0n) is 18.4. The summed E-state index contributed by atoms with van der Waals surface area (Å²) in [4.78, 5) is 21.9. The molecule has 1 amide bonds. The van der Waals surface area contributed by atoms with E-state index < -0.39 is 0 Å². The highest BCUT2D eigenvalue weighted by atomic mass is 32.1. The standard InChI is InChI=1S/C23H34N4OS/c1-17(15-23(3,4)5)13-21(28)27-12-11-26(16-18(27)2)22-24-20(25-29-22)14-19-9-7-6-8-10-19/h6-10,17-18H,11-16H2,1-5H3/t17-,18-/m1/s1. The van der Waals surface area contributed by atoms with Gasteiger partial charge in [-0.2, -0.15) is 4.37 Å². The van der Waals surface area contributed by atoms with Gasteiger partial charge in [-0.1, -0.05) is 58.0 Å². The smallest absolute Gasteiger partial charge is 0.223 e. The molecular weight excluding hydrogens is 380 g/mol. The number of carbonyl (C=O) groups excluding carboxylic acids is 1. The van der Waals surface area contributed by atoms with Crippen molar-refractivity contribution in [3.63, 3.8) is 0 Å². The van der Waals surface area contributed by atoms with Gasteiger partial charge in [-0.25, -0.2) is 4.98 Å². The van der Waals surface area contributed by atoms with Crippen LogP contribution < -0.4 is 4.90 Å². The molecule has 0 bridgehead atoms. The third-order valence-corrected chi connectivity index (χ3v) is 6.18. The van der Waals surface area contributed by atoms with Crippen molar-refractivity contribution in [2.45, 2.75) is 59.9 Å². The Hall–Kier alpha value is -1.95. The predicted molar refractivity (Wildman–Crippen MR) is 120 cm³/mol. The van der Waals surface area contributed by atoms with Gasteiger partial charge in [-0.3, -0.25) is 4.79 Å². The maximum Gasteiger partial charge on any atom is 0.223 e. The van der Waals surface area contributed by atoms with E-state index in [1.807, 2.05) is 18.2 Å². The van der Waals surface area contributed by atoms with Gasteiger partial charge in [-0.15, -0.1) is 0 Å². The summed E-state index contributed by atoms with van der Waals surface area (Å²) in [6.45, 7) is 13.5. The number of piperazine rings is 1. The van der Waals surface area contributed by atoms with Crippen LogP contribution in [-0.4, -0.2) is 45.8 Å². The van der Waals surface area contributed by atoms with Crippen LogP contribution in [0.5, 0.6) is 0 Å². The number of rotatable bonds is 6. The first kappa shape index (κ1) is 21.8. The second kappa shape index (κ2) is 9.24. The Balaban J connectivity index is 1.54. The van der Waals surface area contributed by atoms with Crippen LogP contribution in [-0.2, 0) is 11.2 Å². The molecule has 0 aliphatic carbocycles. The van der Waals surface area contributed by atoms with Gasteiger partial charge < -0.3 is 9.80 Å². The number of aromatic nitrogens is 2. The minimum Gasteiger partial charge on any atom is -0.343 e. The molecule has 1 saturated heterocycles. The van der Waals surface area contributed by atoms with Crippen molar-refractivity contribution in [1.29, 1.82) is 0 Å². The molecule has 5 nitrogen and oxygen atoms in total. The first-order chi connectivity index (χ1) is 13.7. The minimum atomic E-state index is 0.194. The molecule has 1 aromatic carbocycles. The molecule has 158 valence electrons. The predicted octanol–water partition coefficient (Wildman–Crippen LogP) is 4.63. The van der Waals surface area contributed by atoms with E-state index in [1.54, 1.807) is 0 Å². The summed E-state index contributed by atoms with van der Waals surface area (Å²) in [6.07, 6.45) is 2.47. The summed E-state index contributed by atoms with van der Waals surface area (Å²) in [6, 6.07) is 10.5. The fraction of sp³-hybridized carbons (Fsp3) is 0.609. The van der Waals surface area contributed by atoms with E-state index in [4.69, 9.17) is 4.98 Å². The van der Waals surface area contributed by atoms with E-state index in [0.29, 0.717) is 12.3 Å². The van der Waals surface area contributed by atoms with Crippen LogP contribution in [0.3, 0.4) is 0 Å².